The van der Waals surface area contributed by atoms with Gasteiger partial charge in [0.05, 0.1) is 12.2 Å². The SMILES string of the molecule is CCCOc1ccccc1C(=O)NCCC(C)C. The van der Waals surface area contributed by atoms with Gasteiger partial charge in [-0.25, -0.2) is 0 Å². The third kappa shape index (κ3) is 4.78. The summed E-state index contributed by atoms with van der Waals surface area (Å²) in [4.78, 5) is 12.0. The number of nitrogens with one attached hydrogen (secondary N) is 1. The molecule has 0 spiro atoms. The predicted octanol–water partition coefficient (Wildman–Crippen LogP) is 3.25. The highest BCUT2D eigenvalue weighted by Crippen LogP contribution is 2.18. The normalized spacial score (nSPS) is 10.4. The molecule has 1 aromatic rings. The van der Waals surface area contributed by atoms with E-state index in [0.29, 0.717) is 30.4 Å². The van der Waals surface area contributed by atoms with E-state index in [1.165, 1.54) is 0 Å². The molecule has 100 valence electrons. The molecule has 3 heteroatoms. The summed E-state index contributed by atoms with van der Waals surface area (Å²) in [6.07, 6.45) is 1.92. The Kier molecular flexibility index (Phi) is 6.26. The summed E-state index contributed by atoms with van der Waals surface area (Å²) in [6, 6.07) is 7.38. The lowest BCUT2D eigenvalue weighted by molar-refractivity contribution is 0.0948. The van der Waals surface area contributed by atoms with E-state index in [2.05, 4.69) is 19.2 Å². The molecule has 1 N–H and O–H groups in total. The van der Waals surface area contributed by atoms with Crippen LogP contribution < -0.4 is 10.1 Å². The lowest BCUT2D eigenvalue weighted by atomic mass is 10.1. The van der Waals surface area contributed by atoms with E-state index in [1.807, 2.05) is 25.1 Å². The molecule has 18 heavy (non-hydrogen) atoms. The third-order valence-electron chi connectivity index (χ3n) is 2.60. The first-order valence-electron chi connectivity index (χ1n) is 6.65. The Morgan fingerprint density at radius 3 is 2.72 bits per heavy atom. The number of ether oxygens (including phenoxy) is 1. The van der Waals surface area contributed by atoms with E-state index >= 15 is 0 Å². The fraction of sp³-hybridized carbons (Fsp3) is 0.533. The van der Waals surface area contributed by atoms with Crippen molar-refractivity contribution in [3.63, 3.8) is 0 Å². The van der Waals surface area contributed by atoms with Crippen LogP contribution in [0.2, 0.25) is 0 Å². The molecule has 1 aromatic carbocycles. The molecule has 0 radical (unpaired) electrons. The van der Waals surface area contributed by atoms with E-state index in [4.69, 9.17) is 4.74 Å². The largest absolute Gasteiger partial charge is 0.493 e. The van der Waals surface area contributed by atoms with Crippen LogP contribution in [0.3, 0.4) is 0 Å². The molecule has 0 bridgehead atoms. The zero-order chi connectivity index (χ0) is 13.4. The molecule has 0 atom stereocenters. The number of carbonyl (C=O) groups excluding carboxylic acids is 1. The zero-order valence-corrected chi connectivity index (χ0v) is 11.5. The van der Waals surface area contributed by atoms with Crippen molar-refractivity contribution in [3.05, 3.63) is 29.8 Å². The molecule has 0 saturated carbocycles. The van der Waals surface area contributed by atoms with Crippen LogP contribution in [0.1, 0.15) is 44.0 Å². The summed E-state index contributed by atoms with van der Waals surface area (Å²) in [5, 5.41) is 2.93. The Balaban J connectivity index is 2.60. The second kappa shape index (κ2) is 7.75. The van der Waals surface area contributed by atoms with Crippen molar-refractivity contribution in [2.45, 2.75) is 33.6 Å². The molecule has 0 aliphatic carbocycles. The van der Waals surface area contributed by atoms with Gasteiger partial charge in [0, 0.05) is 6.54 Å². The molecule has 0 aliphatic heterocycles. The van der Waals surface area contributed by atoms with Crippen molar-refractivity contribution in [2.24, 2.45) is 5.92 Å². The highest BCUT2D eigenvalue weighted by atomic mass is 16.5. The fourth-order valence-corrected chi connectivity index (χ4v) is 1.56. The first kappa shape index (κ1) is 14.6. The molecule has 0 saturated heterocycles. The van der Waals surface area contributed by atoms with E-state index < -0.39 is 0 Å². The summed E-state index contributed by atoms with van der Waals surface area (Å²) >= 11 is 0. The Morgan fingerprint density at radius 2 is 2.06 bits per heavy atom. The summed E-state index contributed by atoms with van der Waals surface area (Å²) in [5.41, 5.74) is 0.620. The fourth-order valence-electron chi connectivity index (χ4n) is 1.56. The molecule has 1 rings (SSSR count). The van der Waals surface area contributed by atoms with Crippen LogP contribution in [0.25, 0.3) is 0 Å². The molecular weight excluding hydrogens is 226 g/mol. The first-order chi connectivity index (χ1) is 8.65. The number of rotatable bonds is 7. The van der Waals surface area contributed by atoms with Crippen molar-refractivity contribution in [1.29, 1.82) is 0 Å². The van der Waals surface area contributed by atoms with Crippen molar-refractivity contribution >= 4 is 5.91 Å². The second-order valence-electron chi connectivity index (χ2n) is 4.78. The van der Waals surface area contributed by atoms with Gasteiger partial charge in [0.2, 0.25) is 0 Å². The van der Waals surface area contributed by atoms with Gasteiger partial charge in [-0.2, -0.15) is 0 Å². The topological polar surface area (TPSA) is 38.3 Å². The van der Waals surface area contributed by atoms with Gasteiger partial charge < -0.3 is 10.1 Å². The molecule has 1 amide bonds. The molecular formula is C15H23NO2. The minimum absolute atomic E-state index is 0.0534. The van der Waals surface area contributed by atoms with Crippen molar-refractivity contribution in [3.8, 4) is 5.75 Å². The summed E-state index contributed by atoms with van der Waals surface area (Å²) in [5.74, 6) is 1.21. The van der Waals surface area contributed by atoms with Gasteiger partial charge >= 0.3 is 0 Å². The van der Waals surface area contributed by atoms with Crippen LogP contribution >= 0.6 is 0 Å². The lowest BCUT2D eigenvalue weighted by Gasteiger charge is -2.11. The van der Waals surface area contributed by atoms with Crippen molar-refractivity contribution < 1.29 is 9.53 Å². The minimum Gasteiger partial charge on any atom is -0.493 e. The van der Waals surface area contributed by atoms with Gasteiger partial charge in [-0.3, -0.25) is 4.79 Å². The molecule has 0 aliphatic rings. The highest BCUT2D eigenvalue weighted by Gasteiger charge is 2.11. The van der Waals surface area contributed by atoms with Crippen LogP contribution in [0.4, 0.5) is 0 Å². The molecule has 3 nitrogen and oxygen atoms in total. The van der Waals surface area contributed by atoms with E-state index in [9.17, 15) is 4.79 Å². The molecule has 0 heterocycles. The number of hydrogen-bond donors (Lipinski definition) is 1. The first-order valence-corrected chi connectivity index (χ1v) is 6.65. The second-order valence-corrected chi connectivity index (χ2v) is 4.78. The van der Waals surface area contributed by atoms with E-state index in [0.717, 1.165) is 12.8 Å². The summed E-state index contributed by atoms with van der Waals surface area (Å²) in [7, 11) is 0. The minimum atomic E-state index is -0.0534. The van der Waals surface area contributed by atoms with Crippen LogP contribution in [0, 0.1) is 5.92 Å². The number of benzene rings is 1. The van der Waals surface area contributed by atoms with Crippen molar-refractivity contribution in [1.82, 2.24) is 5.32 Å². The average molecular weight is 249 g/mol. The predicted molar refractivity (Wildman–Crippen MR) is 74.0 cm³/mol. The standard InChI is InChI=1S/C15H23NO2/c1-4-11-18-14-8-6-5-7-13(14)15(17)16-10-9-12(2)3/h5-8,12H,4,9-11H2,1-3H3,(H,16,17). The van der Waals surface area contributed by atoms with Crippen LogP contribution in [-0.2, 0) is 0 Å². The van der Waals surface area contributed by atoms with Gasteiger partial charge in [-0.15, -0.1) is 0 Å². The van der Waals surface area contributed by atoms with Gasteiger partial charge in [0.15, 0.2) is 0 Å². The maximum absolute atomic E-state index is 12.0. The number of amides is 1. The smallest absolute Gasteiger partial charge is 0.255 e. The quantitative estimate of drug-likeness (QED) is 0.805. The van der Waals surface area contributed by atoms with E-state index in [1.54, 1.807) is 6.07 Å². The molecule has 0 fully saturated rings. The number of hydrogen-bond acceptors (Lipinski definition) is 2. The summed E-state index contributed by atoms with van der Waals surface area (Å²) in [6.45, 7) is 7.68. The number of para-hydroxylation sites is 1. The Labute approximate surface area is 110 Å². The Morgan fingerprint density at radius 1 is 1.33 bits per heavy atom. The Hall–Kier alpha value is -1.51. The maximum Gasteiger partial charge on any atom is 0.255 e. The van der Waals surface area contributed by atoms with Crippen LogP contribution in [0.5, 0.6) is 5.75 Å². The highest BCUT2D eigenvalue weighted by molar-refractivity contribution is 5.96. The van der Waals surface area contributed by atoms with Gasteiger partial charge in [-0.05, 0) is 30.9 Å². The maximum atomic E-state index is 12.0. The van der Waals surface area contributed by atoms with Gasteiger partial charge in [0.25, 0.3) is 5.91 Å². The average Bonchev–Trinajstić information content (AvgIpc) is 2.36. The zero-order valence-electron chi connectivity index (χ0n) is 11.5. The van der Waals surface area contributed by atoms with Crippen LogP contribution in [0.15, 0.2) is 24.3 Å². The number of carbonyl (C=O) groups is 1. The third-order valence-corrected chi connectivity index (χ3v) is 2.60. The van der Waals surface area contributed by atoms with Gasteiger partial charge in [0.1, 0.15) is 5.75 Å². The lowest BCUT2D eigenvalue weighted by Crippen LogP contribution is -2.25. The van der Waals surface area contributed by atoms with E-state index in [-0.39, 0.29) is 5.91 Å². The monoisotopic (exact) mass is 249 g/mol. The summed E-state index contributed by atoms with van der Waals surface area (Å²) < 4.78 is 5.57. The molecule has 0 aromatic heterocycles. The molecule has 0 unspecified atom stereocenters. The van der Waals surface area contributed by atoms with Crippen molar-refractivity contribution in [2.75, 3.05) is 13.2 Å². The van der Waals surface area contributed by atoms with Crippen LogP contribution in [-0.4, -0.2) is 19.1 Å². The van der Waals surface area contributed by atoms with Gasteiger partial charge in [-0.1, -0.05) is 32.9 Å². The Bertz CT molecular complexity index is 375.